The fourth-order valence-electron chi connectivity index (χ4n) is 3.10. The summed E-state index contributed by atoms with van der Waals surface area (Å²) in [5, 5.41) is 0. The highest BCUT2D eigenvalue weighted by atomic mass is 19.1. The van der Waals surface area contributed by atoms with E-state index in [-0.39, 0.29) is 5.41 Å². The first-order valence-corrected chi connectivity index (χ1v) is 9.70. The molecule has 1 N–H and O–H groups in total. The van der Waals surface area contributed by atoms with Crippen molar-refractivity contribution in [1.82, 2.24) is 9.97 Å². The predicted molar refractivity (Wildman–Crippen MR) is 121 cm³/mol. The molecule has 0 aliphatic rings. The van der Waals surface area contributed by atoms with Crippen molar-refractivity contribution < 1.29 is 4.39 Å². The molecular weight excluding hydrogens is 361 g/mol. The van der Waals surface area contributed by atoms with Crippen molar-refractivity contribution in [3.05, 3.63) is 109 Å². The van der Waals surface area contributed by atoms with Crippen LogP contribution in [0.1, 0.15) is 25.1 Å². The smallest absolute Gasteiger partial charge is 0.107 e. The van der Waals surface area contributed by atoms with Gasteiger partial charge in [-0.3, -0.25) is 0 Å². The summed E-state index contributed by atoms with van der Waals surface area (Å²) in [6.45, 7) is 12.4. The Morgan fingerprint density at radius 1 is 1.14 bits per heavy atom. The quantitative estimate of drug-likeness (QED) is 0.537. The van der Waals surface area contributed by atoms with E-state index in [0.717, 1.165) is 22.5 Å². The maximum atomic E-state index is 13.1. The van der Waals surface area contributed by atoms with Crippen LogP contribution in [0.2, 0.25) is 0 Å². The SMILES string of the molecule is C=C/C=C(\C=C)CN(CCF)c1ccc(C(C)(C)c2cccccnc[nH]2)cc1. The zero-order valence-electron chi connectivity index (χ0n) is 17.3. The molecule has 0 aliphatic carbocycles. The minimum absolute atomic E-state index is 0.251. The summed E-state index contributed by atoms with van der Waals surface area (Å²) in [6, 6.07) is 16.2. The van der Waals surface area contributed by atoms with Crippen LogP contribution in [0.3, 0.4) is 0 Å². The van der Waals surface area contributed by atoms with Gasteiger partial charge in [-0.05, 0) is 35.4 Å². The van der Waals surface area contributed by atoms with E-state index >= 15 is 0 Å². The van der Waals surface area contributed by atoms with Gasteiger partial charge in [-0.1, -0.05) is 69.5 Å². The Labute approximate surface area is 173 Å². The molecule has 1 aromatic carbocycles. The summed E-state index contributed by atoms with van der Waals surface area (Å²) in [4.78, 5) is 9.48. The van der Waals surface area contributed by atoms with Crippen molar-refractivity contribution in [3.8, 4) is 0 Å². The van der Waals surface area contributed by atoms with Gasteiger partial charge < -0.3 is 9.88 Å². The Morgan fingerprint density at radius 3 is 2.55 bits per heavy atom. The standard InChI is InChI=1S/C25H30FN3/c1-5-10-21(6-2)19-29(18-16-26)23-14-12-22(13-15-23)25(3,4)24-11-8-7-9-17-27-20-28-24/h5-15,17,20H,1-2,16,18-19H2,3-4H3,(H,27,28)/b8-7?,17-9?,21-10+,24-11?. The van der Waals surface area contributed by atoms with Crippen molar-refractivity contribution in [1.29, 1.82) is 0 Å². The van der Waals surface area contributed by atoms with Gasteiger partial charge in [0, 0.05) is 36.1 Å². The summed E-state index contributed by atoms with van der Waals surface area (Å²) in [5.41, 5.74) is 3.91. The highest BCUT2D eigenvalue weighted by Gasteiger charge is 2.23. The van der Waals surface area contributed by atoms with Gasteiger partial charge >= 0.3 is 0 Å². The van der Waals surface area contributed by atoms with E-state index in [1.54, 1.807) is 24.7 Å². The first-order chi connectivity index (χ1) is 14.0. The van der Waals surface area contributed by atoms with Gasteiger partial charge in [0.15, 0.2) is 0 Å². The number of hydrogen-bond donors (Lipinski definition) is 1. The van der Waals surface area contributed by atoms with Crippen LogP contribution in [0.4, 0.5) is 10.1 Å². The third-order valence-electron chi connectivity index (χ3n) is 4.90. The van der Waals surface area contributed by atoms with E-state index in [0.29, 0.717) is 13.1 Å². The lowest BCUT2D eigenvalue weighted by atomic mass is 9.81. The Balaban J connectivity index is 2.34. The summed E-state index contributed by atoms with van der Waals surface area (Å²) < 4.78 is 13.1. The third-order valence-corrected chi connectivity index (χ3v) is 4.90. The third kappa shape index (κ3) is 6.18. The second-order valence-electron chi connectivity index (χ2n) is 7.19. The minimum Gasteiger partial charge on any atom is -0.365 e. The van der Waals surface area contributed by atoms with Crippen LogP contribution in [0.25, 0.3) is 0 Å². The second kappa shape index (κ2) is 11.0. The molecule has 0 bridgehead atoms. The van der Waals surface area contributed by atoms with Gasteiger partial charge in [0.25, 0.3) is 0 Å². The van der Waals surface area contributed by atoms with Crippen molar-refractivity contribution in [2.75, 3.05) is 24.7 Å². The minimum atomic E-state index is -0.414. The molecule has 2 aromatic rings. The monoisotopic (exact) mass is 391 g/mol. The molecule has 152 valence electrons. The lowest BCUT2D eigenvalue weighted by molar-refractivity contribution is 0.493. The number of aromatic nitrogens is 2. The molecule has 0 saturated carbocycles. The zero-order chi connectivity index (χ0) is 21.1. The largest absolute Gasteiger partial charge is 0.365 e. The molecule has 0 saturated heterocycles. The van der Waals surface area contributed by atoms with Crippen LogP contribution in [0.15, 0.2) is 98.0 Å². The normalized spacial score (nSPS) is 11.5. The molecule has 0 amide bonds. The molecule has 0 atom stereocenters. The Hall–Kier alpha value is -3.14. The summed E-state index contributed by atoms with van der Waals surface area (Å²) in [5.74, 6) is 0. The molecule has 0 aliphatic heterocycles. The lowest BCUT2D eigenvalue weighted by Crippen LogP contribution is -2.28. The number of hydrogen-bond acceptors (Lipinski definition) is 2. The average molecular weight is 392 g/mol. The summed E-state index contributed by atoms with van der Waals surface area (Å²) in [7, 11) is 0. The molecular formula is C25H30FN3. The van der Waals surface area contributed by atoms with Crippen molar-refractivity contribution in [3.63, 3.8) is 0 Å². The maximum Gasteiger partial charge on any atom is 0.107 e. The van der Waals surface area contributed by atoms with Gasteiger partial charge in [-0.25, -0.2) is 9.37 Å². The number of H-pyrrole nitrogens is 1. The van der Waals surface area contributed by atoms with Gasteiger partial charge in [0.05, 0.1) is 6.33 Å². The summed E-state index contributed by atoms with van der Waals surface area (Å²) >= 11 is 0. The average Bonchev–Trinajstić information content (AvgIpc) is 2.87. The number of nitrogens with zero attached hydrogens (tertiary/aromatic N) is 2. The van der Waals surface area contributed by atoms with Crippen molar-refractivity contribution in [2.45, 2.75) is 19.3 Å². The summed E-state index contributed by atoms with van der Waals surface area (Å²) in [6.07, 6.45) is 8.83. The highest BCUT2D eigenvalue weighted by Crippen LogP contribution is 2.31. The van der Waals surface area contributed by atoms with Crippen LogP contribution in [-0.2, 0) is 5.41 Å². The molecule has 4 heteroatoms. The van der Waals surface area contributed by atoms with Crippen LogP contribution < -0.4 is 4.90 Å². The molecule has 0 spiro atoms. The first kappa shape index (κ1) is 22.2. The van der Waals surface area contributed by atoms with Crippen LogP contribution in [-0.4, -0.2) is 29.7 Å². The van der Waals surface area contributed by atoms with Gasteiger partial charge in [0.1, 0.15) is 6.67 Å². The predicted octanol–water partition coefficient (Wildman–Crippen LogP) is 5.93. The number of anilines is 1. The Morgan fingerprint density at radius 2 is 1.90 bits per heavy atom. The maximum absolute atomic E-state index is 13.1. The number of nitrogens with one attached hydrogen (secondary N) is 1. The molecule has 3 nitrogen and oxygen atoms in total. The molecule has 2 rings (SSSR count). The molecule has 0 radical (unpaired) electrons. The molecule has 0 fully saturated rings. The Kier molecular flexibility index (Phi) is 8.41. The van der Waals surface area contributed by atoms with E-state index in [4.69, 9.17) is 0 Å². The number of aromatic amines is 1. The van der Waals surface area contributed by atoms with Crippen molar-refractivity contribution >= 4 is 5.69 Å². The fraction of sp³-hybridized carbons (Fsp3) is 0.240. The van der Waals surface area contributed by atoms with Gasteiger partial charge in [-0.2, -0.15) is 0 Å². The second-order valence-corrected chi connectivity index (χ2v) is 7.19. The van der Waals surface area contributed by atoms with Crippen LogP contribution >= 0.6 is 0 Å². The van der Waals surface area contributed by atoms with Gasteiger partial charge in [0.2, 0.25) is 0 Å². The van der Waals surface area contributed by atoms with E-state index in [9.17, 15) is 4.39 Å². The highest BCUT2D eigenvalue weighted by molar-refractivity contribution is 5.51. The van der Waals surface area contributed by atoms with Crippen LogP contribution in [0, 0.1) is 0 Å². The molecule has 1 heterocycles. The molecule has 29 heavy (non-hydrogen) atoms. The lowest BCUT2D eigenvalue weighted by Gasteiger charge is -2.28. The van der Waals surface area contributed by atoms with E-state index < -0.39 is 6.67 Å². The van der Waals surface area contributed by atoms with E-state index in [2.05, 4.69) is 55.2 Å². The van der Waals surface area contributed by atoms with Gasteiger partial charge in [-0.15, -0.1) is 0 Å². The number of benzene rings is 1. The van der Waals surface area contributed by atoms with Crippen molar-refractivity contribution in [2.24, 2.45) is 0 Å². The zero-order valence-corrected chi connectivity index (χ0v) is 17.3. The van der Waals surface area contributed by atoms with E-state index in [1.807, 2.05) is 41.3 Å². The fourth-order valence-corrected chi connectivity index (χ4v) is 3.10. The number of allylic oxidation sites excluding steroid dienone is 2. The Bertz CT molecular complexity index is 853. The van der Waals surface area contributed by atoms with E-state index in [1.165, 1.54) is 0 Å². The van der Waals surface area contributed by atoms with Crippen LogP contribution in [0.5, 0.6) is 0 Å². The topological polar surface area (TPSA) is 31.9 Å². The first-order valence-electron chi connectivity index (χ1n) is 9.70. The number of halogens is 1. The number of rotatable bonds is 9. The number of alkyl halides is 1. The molecule has 0 unspecified atom stereocenters. The molecule has 1 aromatic heterocycles.